The van der Waals surface area contributed by atoms with Gasteiger partial charge in [0.05, 0.1) is 6.61 Å². The van der Waals surface area contributed by atoms with Crippen molar-refractivity contribution in [3.05, 3.63) is 29.3 Å². The largest absolute Gasteiger partial charge is 0.493 e. The van der Waals surface area contributed by atoms with Gasteiger partial charge in [-0.2, -0.15) is 0 Å². The van der Waals surface area contributed by atoms with Crippen molar-refractivity contribution in [3.63, 3.8) is 0 Å². The molecule has 1 aromatic carbocycles. The molecule has 0 radical (unpaired) electrons. The van der Waals surface area contributed by atoms with E-state index in [0.717, 1.165) is 30.8 Å². The molecule has 0 atom stereocenters. The molecule has 1 aromatic rings. The van der Waals surface area contributed by atoms with Crippen molar-refractivity contribution in [2.45, 2.75) is 19.3 Å². The third-order valence-corrected chi connectivity index (χ3v) is 3.24. The standard InChI is InChI=1S/C14H17NO4/c1-15(13(16)14(17)18)7-6-10-4-5-12-11(9-10)3-2-8-19-12/h4-5,9H,2-3,6-8H2,1H3,(H,17,18). The zero-order valence-electron chi connectivity index (χ0n) is 10.9. The molecular weight excluding hydrogens is 246 g/mol. The molecule has 0 aromatic heterocycles. The number of hydrogen-bond donors (Lipinski definition) is 1. The lowest BCUT2D eigenvalue weighted by Crippen LogP contribution is -2.34. The van der Waals surface area contributed by atoms with Crippen LogP contribution in [-0.2, 0) is 22.4 Å². The molecule has 0 saturated heterocycles. The summed E-state index contributed by atoms with van der Waals surface area (Å²) in [4.78, 5) is 23.0. The van der Waals surface area contributed by atoms with E-state index in [4.69, 9.17) is 9.84 Å². The molecule has 0 bridgehead atoms. The van der Waals surface area contributed by atoms with Crippen LogP contribution < -0.4 is 4.74 Å². The van der Waals surface area contributed by atoms with E-state index in [1.165, 1.54) is 17.5 Å². The summed E-state index contributed by atoms with van der Waals surface area (Å²) < 4.78 is 5.53. The normalized spacial score (nSPS) is 13.3. The van der Waals surface area contributed by atoms with E-state index >= 15 is 0 Å². The van der Waals surface area contributed by atoms with Gasteiger partial charge in [-0.25, -0.2) is 4.79 Å². The van der Waals surface area contributed by atoms with Crippen LogP contribution in [0.25, 0.3) is 0 Å². The molecule has 19 heavy (non-hydrogen) atoms. The van der Waals surface area contributed by atoms with Gasteiger partial charge < -0.3 is 14.7 Å². The summed E-state index contributed by atoms with van der Waals surface area (Å²) >= 11 is 0. The molecule has 0 spiro atoms. The zero-order chi connectivity index (χ0) is 13.8. The van der Waals surface area contributed by atoms with Crippen molar-refractivity contribution in [2.75, 3.05) is 20.2 Å². The van der Waals surface area contributed by atoms with Crippen LogP contribution in [0.4, 0.5) is 0 Å². The van der Waals surface area contributed by atoms with Gasteiger partial charge in [0.15, 0.2) is 0 Å². The van der Waals surface area contributed by atoms with Gasteiger partial charge in [-0.05, 0) is 36.5 Å². The summed E-state index contributed by atoms with van der Waals surface area (Å²) in [6.45, 7) is 1.16. The average molecular weight is 263 g/mol. The molecule has 1 amide bonds. The summed E-state index contributed by atoms with van der Waals surface area (Å²) in [5.41, 5.74) is 2.28. The fourth-order valence-corrected chi connectivity index (χ4v) is 2.13. The van der Waals surface area contributed by atoms with Gasteiger partial charge in [0, 0.05) is 13.6 Å². The number of carbonyl (C=O) groups is 2. The minimum Gasteiger partial charge on any atom is -0.493 e. The Morgan fingerprint density at radius 1 is 1.42 bits per heavy atom. The third kappa shape index (κ3) is 3.24. The smallest absolute Gasteiger partial charge is 0.394 e. The van der Waals surface area contributed by atoms with Gasteiger partial charge in [0.1, 0.15) is 5.75 Å². The number of aryl methyl sites for hydroxylation is 1. The molecule has 1 heterocycles. The number of amides is 1. The second-order valence-corrected chi connectivity index (χ2v) is 4.68. The fourth-order valence-electron chi connectivity index (χ4n) is 2.13. The molecule has 1 aliphatic rings. The highest BCUT2D eigenvalue weighted by Gasteiger charge is 2.17. The molecule has 1 N–H and O–H groups in total. The van der Waals surface area contributed by atoms with E-state index in [0.29, 0.717) is 13.0 Å². The quantitative estimate of drug-likeness (QED) is 0.829. The second kappa shape index (κ2) is 5.73. The minimum absolute atomic E-state index is 0.394. The van der Waals surface area contributed by atoms with Crippen LogP contribution in [0.1, 0.15) is 17.5 Å². The number of rotatable bonds is 3. The lowest BCUT2D eigenvalue weighted by atomic mass is 10.0. The SMILES string of the molecule is CN(CCc1ccc2c(c1)CCCO2)C(=O)C(=O)O. The number of carboxylic acids is 1. The van der Waals surface area contributed by atoms with Crippen LogP contribution in [0, 0.1) is 0 Å². The number of ether oxygens (including phenoxy) is 1. The van der Waals surface area contributed by atoms with Crippen LogP contribution in [0.15, 0.2) is 18.2 Å². The van der Waals surface area contributed by atoms with Gasteiger partial charge in [0.2, 0.25) is 0 Å². The van der Waals surface area contributed by atoms with Gasteiger partial charge >= 0.3 is 11.9 Å². The van der Waals surface area contributed by atoms with E-state index < -0.39 is 11.9 Å². The van der Waals surface area contributed by atoms with Crippen LogP contribution in [0.5, 0.6) is 5.75 Å². The molecule has 0 aliphatic carbocycles. The lowest BCUT2D eigenvalue weighted by molar-refractivity contribution is -0.155. The van der Waals surface area contributed by atoms with Crippen molar-refractivity contribution in [1.29, 1.82) is 0 Å². The van der Waals surface area contributed by atoms with E-state index in [1.54, 1.807) is 0 Å². The lowest BCUT2D eigenvalue weighted by Gasteiger charge is -2.19. The molecule has 102 valence electrons. The Morgan fingerprint density at radius 2 is 2.21 bits per heavy atom. The molecule has 0 saturated carbocycles. The van der Waals surface area contributed by atoms with E-state index in [-0.39, 0.29) is 0 Å². The Balaban J connectivity index is 1.96. The molecule has 2 rings (SSSR count). The summed E-state index contributed by atoms with van der Waals surface area (Å²) in [5.74, 6) is -1.35. The first-order chi connectivity index (χ1) is 9.08. The monoisotopic (exact) mass is 263 g/mol. The highest BCUT2D eigenvalue weighted by molar-refractivity contribution is 6.31. The first-order valence-electron chi connectivity index (χ1n) is 6.31. The highest BCUT2D eigenvalue weighted by Crippen LogP contribution is 2.25. The number of benzene rings is 1. The van der Waals surface area contributed by atoms with E-state index in [1.807, 2.05) is 12.1 Å². The van der Waals surface area contributed by atoms with Crippen LogP contribution in [0.2, 0.25) is 0 Å². The van der Waals surface area contributed by atoms with Crippen molar-refractivity contribution < 1.29 is 19.4 Å². The predicted octanol–water partition coefficient (Wildman–Crippen LogP) is 1.10. The number of carbonyl (C=O) groups excluding carboxylic acids is 1. The maximum absolute atomic E-state index is 11.2. The van der Waals surface area contributed by atoms with Gasteiger partial charge in [-0.1, -0.05) is 12.1 Å². The van der Waals surface area contributed by atoms with Crippen molar-refractivity contribution in [1.82, 2.24) is 4.90 Å². The second-order valence-electron chi connectivity index (χ2n) is 4.68. The van der Waals surface area contributed by atoms with E-state index in [2.05, 4.69) is 6.07 Å². The number of likely N-dealkylation sites (N-methyl/N-ethyl adjacent to an activating group) is 1. The first kappa shape index (κ1) is 13.4. The predicted molar refractivity (Wildman–Crippen MR) is 69.2 cm³/mol. The Kier molecular flexibility index (Phi) is 4.04. The Bertz CT molecular complexity index is 498. The molecule has 5 heteroatoms. The summed E-state index contributed by atoms with van der Waals surface area (Å²) in [5, 5.41) is 8.60. The van der Waals surface area contributed by atoms with Crippen LogP contribution in [0.3, 0.4) is 0 Å². The molecule has 0 fully saturated rings. The molecule has 5 nitrogen and oxygen atoms in total. The summed E-state index contributed by atoms with van der Waals surface area (Å²) in [7, 11) is 1.50. The number of carboxylic acid groups (broad SMARTS) is 1. The first-order valence-corrected chi connectivity index (χ1v) is 6.31. The Labute approximate surface area is 111 Å². The minimum atomic E-state index is -1.42. The maximum Gasteiger partial charge on any atom is 0.394 e. The Morgan fingerprint density at radius 3 is 2.95 bits per heavy atom. The van der Waals surface area contributed by atoms with Crippen molar-refractivity contribution in [3.8, 4) is 5.75 Å². The highest BCUT2D eigenvalue weighted by atomic mass is 16.5. The van der Waals surface area contributed by atoms with Crippen molar-refractivity contribution in [2.24, 2.45) is 0 Å². The molecule has 1 aliphatic heterocycles. The topological polar surface area (TPSA) is 66.8 Å². The van der Waals surface area contributed by atoms with E-state index in [9.17, 15) is 9.59 Å². The van der Waals surface area contributed by atoms with Gasteiger partial charge in [-0.15, -0.1) is 0 Å². The number of fused-ring (bicyclic) bond motifs is 1. The van der Waals surface area contributed by atoms with Crippen molar-refractivity contribution >= 4 is 11.9 Å². The molecule has 0 unspecified atom stereocenters. The number of nitrogens with zero attached hydrogens (tertiary/aromatic N) is 1. The maximum atomic E-state index is 11.2. The van der Waals surface area contributed by atoms with Gasteiger partial charge in [0.25, 0.3) is 0 Å². The zero-order valence-corrected chi connectivity index (χ0v) is 10.9. The number of aliphatic carboxylic acids is 1. The third-order valence-electron chi connectivity index (χ3n) is 3.24. The average Bonchev–Trinajstić information content (AvgIpc) is 2.43. The summed E-state index contributed by atoms with van der Waals surface area (Å²) in [6, 6.07) is 5.99. The van der Waals surface area contributed by atoms with Gasteiger partial charge in [-0.3, -0.25) is 4.79 Å². The van der Waals surface area contributed by atoms with Crippen LogP contribution in [-0.4, -0.2) is 42.1 Å². The number of hydrogen-bond acceptors (Lipinski definition) is 3. The fraction of sp³-hybridized carbons (Fsp3) is 0.429. The van der Waals surface area contributed by atoms with Crippen LogP contribution >= 0.6 is 0 Å². The molecular formula is C14H17NO4. The summed E-state index contributed by atoms with van der Waals surface area (Å²) in [6.07, 6.45) is 2.67. The Hall–Kier alpha value is -2.04.